The number of imidazole rings is 1. The zero-order chi connectivity index (χ0) is 18.2. The maximum Gasteiger partial charge on any atom is 0.0945 e. The van der Waals surface area contributed by atoms with Gasteiger partial charge in [0.25, 0.3) is 0 Å². The van der Waals surface area contributed by atoms with Crippen LogP contribution in [0.3, 0.4) is 0 Å². The van der Waals surface area contributed by atoms with Gasteiger partial charge in [-0.15, -0.1) is 0 Å². The Morgan fingerprint density at radius 2 is 1.77 bits per heavy atom. The predicted molar refractivity (Wildman–Crippen MR) is 113 cm³/mol. The fourth-order valence-corrected chi connectivity index (χ4v) is 4.26. The first-order chi connectivity index (χ1) is 12.6. The standard InChI is InChI=1S/C22H25ClN2S/c1-22(13-15-25-16-14-24-18-25,26-17-20-5-3-2-4-6-20)12-11-19-7-9-21(23)10-8-19/h2-10,14,16,18H,11-13,15,17H2,1H3. The molecule has 26 heavy (non-hydrogen) atoms. The molecule has 1 aromatic heterocycles. The van der Waals surface area contributed by atoms with E-state index in [0.717, 1.165) is 36.6 Å². The van der Waals surface area contributed by atoms with Gasteiger partial charge < -0.3 is 4.57 Å². The Morgan fingerprint density at radius 3 is 2.46 bits per heavy atom. The van der Waals surface area contributed by atoms with Crippen molar-refractivity contribution in [3.05, 3.63) is 89.5 Å². The minimum atomic E-state index is 0.208. The van der Waals surface area contributed by atoms with E-state index in [9.17, 15) is 0 Å². The molecule has 1 unspecified atom stereocenters. The highest BCUT2D eigenvalue weighted by Gasteiger charge is 2.24. The maximum absolute atomic E-state index is 6.01. The van der Waals surface area contributed by atoms with E-state index in [1.54, 1.807) is 0 Å². The van der Waals surface area contributed by atoms with Crippen LogP contribution in [0.15, 0.2) is 73.3 Å². The first-order valence-corrected chi connectivity index (χ1v) is 10.4. The number of halogens is 1. The molecule has 0 spiro atoms. The van der Waals surface area contributed by atoms with Crippen LogP contribution in [-0.4, -0.2) is 14.3 Å². The molecule has 0 N–H and O–H groups in total. The Bertz CT molecular complexity index is 772. The van der Waals surface area contributed by atoms with E-state index in [2.05, 4.69) is 70.7 Å². The monoisotopic (exact) mass is 384 g/mol. The summed E-state index contributed by atoms with van der Waals surface area (Å²) < 4.78 is 2.38. The number of aromatic nitrogens is 2. The van der Waals surface area contributed by atoms with Crippen molar-refractivity contribution >= 4 is 23.4 Å². The Morgan fingerprint density at radius 1 is 1.00 bits per heavy atom. The van der Waals surface area contributed by atoms with E-state index >= 15 is 0 Å². The van der Waals surface area contributed by atoms with Crippen LogP contribution in [0, 0.1) is 0 Å². The molecule has 3 aromatic rings. The van der Waals surface area contributed by atoms with E-state index in [1.165, 1.54) is 11.1 Å². The summed E-state index contributed by atoms with van der Waals surface area (Å²) in [4.78, 5) is 4.16. The van der Waals surface area contributed by atoms with Crippen LogP contribution in [0.1, 0.15) is 30.9 Å². The van der Waals surface area contributed by atoms with Gasteiger partial charge in [-0.25, -0.2) is 4.98 Å². The van der Waals surface area contributed by atoms with Crippen LogP contribution < -0.4 is 0 Å². The van der Waals surface area contributed by atoms with E-state index in [1.807, 2.05) is 30.9 Å². The molecule has 0 amide bonds. The summed E-state index contributed by atoms with van der Waals surface area (Å²) >= 11 is 8.07. The third-order valence-electron chi connectivity index (χ3n) is 4.74. The van der Waals surface area contributed by atoms with Crippen LogP contribution in [0.5, 0.6) is 0 Å². The van der Waals surface area contributed by atoms with E-state index in [0.29, 0.717) is 0 Å². The fourth-order valence-electron chi connectivity index (χ4n) is 2.95. The lowest BCUT2D eigenvalue weighted by atomic mass is 9.97. The molecular weight excluding hydrogens is 360 g/mol. The largest absolute Gasteiger partial charge is 0.337 e. The molecule has 0 aliphatic rings. The fraction of sp³-hybridized carbons (Fsp3) is 0.318. The zero-order valence-corrected chi connectivity index (χ0v) is 16.7. The first kappa shape index (κ1) is 19.1. The van der Waals surface area contributed by atoms with Gasteiger partial charge in [-0.05, 0) is 42.5 Å². The predicted octanol–water partition coefficient (Wildman–Crippen LogP) is 6.25. The zero-order valence-electron chi connectivity index (χ0n) is 15.1. The lowest BCUT2D eigenvalue weighted by molar-refractivity contribution is 0.492. The normalized spacial score (nSPS) is 13.5. The molecular formula is C22H25ClN2S. The average molecular weight is 385 g/mol. The van der Waals surface area contributed by atoms with Crippen molar-refractivity contribution in [2.24, 2.45) is 0 Å². The topological polar surface area (TPSA) is 17.8 Å². The highest BCUT2D eigenvalue weighted by atomic mass is 35.5. The summed E-state index contributed by atoms with van der Waals surface area (Å²) in [7, 11) is 0. The summed E-state index contributed by atoms with van der Waals surface area (Å²) in [5.74, 6) is 1.04. The SMILES string of the molecule is CC(CCc1ccc(Cl)cc1)(CCn1ccnc1)SCc1ccccc1. The second kappa shape index (κ2) is 9.29. The summed E-state index contributed by atoms with van der Waals surface area (Å²) in [6, 6.07) is 19.0. The Hall–Kier alpha value is -1.71. The van der Waals surface area contributed by atoms with Crippen molar-refractivity contribution in [3.63, 3.8) is 0 Å². The van der Waals surface area contributed by atoms with E-state index in [4.69, 9.17) is 11.6 Å². The number of rotatable bonds is 9. The van der Waals surface area contributed by atoms with Gasteiger partial charge in [0, 0.05) is 34.5 Å². The lowest BCUT2D eigenvalue weighted by Crippen LogP contribution is -2.23. The smallest absolute Gasteiger partial charge is 0.0945 e. The molecule has 0 saturated carbocycles. The van der Waals surface area contributed by atoms with Crippen LogP contribution in [0.25, 0.3) is 0 Å². The minimum absolute atomic E-state index is 0.208. The third kappa shape index (κ3) is 5.93. The molecule has 136 valence electrons. The lowest BCUT2D eigenvalue weighted by Gasteiger charge is -2.30. The Balaban J connectivity index is 1.63. The Kier molecular flexibility index (Phi) is 6.81. The number of nitrogens with zero attached hydrogens (tertiary/aromatic N) is 2. The molecule has 2 nitrogen and oxygen atoms in total. The van der Waals surface area contributed by atoms with Crippen molar-refractivity contribution in [2.75, 3.05) is 0 Å². The van der Waals surface area contributed by atoms with Gasteiger partial charge in [-0.2, -0.15) is 11.8 Å². The van der Waals surface area contributed by atoms with Gasteiger partial charge >= 0.3 is 0 Å². The molecule has 1 heterocycles. The molecule has 1 atom stereocenters. The highest BCUT2D eigenvalue weighted by molar-refractivity contribution is 7.99. The quantitative estimate of drug-likeness (QED) is 0.433. The first-order valence-electron chi connectivity index (χ1n) is 9.01. The highest BCUT2D eigenvalue weighted by Crippen LogP contribution is 2.36. The molecule has 0 fully saturated rings. The average Bonchev–Trinajstić information content (AvgIpc) is 3.19. The summed E-state index contributed by atoms with van der Waals surface area (Å²) in [6.07, 6.45) is 9.12. The second-order valence-electron chi connectivity index (χ2n) is 6.90. The van der Waals surface area contributed by atoms with Crippen LogP contribution in [0.4, 0.5) is 0 Å². The van der Waals surface area contributed by atoms with Gasteiger partial charge in [0.15, 0.2) is 0 Å². The minimum Gasteiger partial charge on any atom is -0.337 e. The van der Waals surface area contributed by atoms with Gasteiger partial charge in [0.2, 0.25) is 0 Å². The van der Waals surface area contributed by atoms with Crippen molar-refractivity contribution in [1.29, 1.82) is 0 Å². The number of thioether (sulfide) groups is 1. The van der Waals surface area contributed by atoms with Gasteiger partial charge in [0.05, 0.1) is 6.33 Å². The van der Waals surface area contributed by atoms with Crippen molar-refractivity contribution < 1.29 is 0 Å². The van der Waals surface area contributed by atoms with Crippen molar-refractivity contribution in [1.82, 2.24) is 9.55 Å². The molecule has 3 rings (SSSR count). The van der Waals surface area contributed by atoms with Gasteiger partial charge in [-0.1, -0.05) is 61.0 Å². The molecule has 4 heteroatoms. The van der Waals surface area contributed by atoms with Crippen molar-refractivity contribution in [3.8, 4) is 0 Å². The van der Waals surface area contributed by atoms with Gasteiger partial charge in [-0.3, -0.25) is 0 Å². The number of hydrogen-bond acceptors (Lipinski definition) is 2. The van der Waals surface area contributed by atoms with Crippen LogP contribution >= 0.6 is 23.4 Å². The molecule has 0 radical (unpaired) electrons. The number of hydrogen-bond donors (Lipinski definition) is 0. The molecule has 0 bridgehead atoms. The second-order valence-corrected chi connectivity index (χ2v) is 8.90. The Labute approximate surface area is 165 Å². The molecule has 0 saturated heterocycles. The summed E-state index contributed by atoms with van der Waals surface area (Å²) in [5.41, 5.74) is 2.74. The molecule has 2 aromatic carbocycles. The summed E-state index contributed by atoms with van der Waals surface area (Å²) in [5, 5.41) is 0.801. The van der Waals surface area contributed by atoms with Crippen LogP contribution in [0.2, 0.25) is 5.02 Å². The van der Waals surface area contributed by atoms with Crippen molar-refractivity contribution in [2.45, 2.75) is 43.2 Å². The van der Waals surface area contributed by atoms with Gasteiger partial charge in [0.1, 0.15) is 0 Å². The maximum atomic E-state index is 6.01. The molecule has 0 aliphatic carbocycles. The summed E-state index contributed by atoms with van der Waals surface area (Å²) in [6.45, 7) is 3.40. The van der Waals surface area contributed by atoms with Crippen LogP contribution in [-0.2, 0) is 18.7 Å². The van der Waals surface area contributed by atoms with E-state index < -0.39 is 0 Å². The molecule has 0 aliphatic heterocycles. The number of benzene rings is 2. The van der Waals surface area contributed by atoms with E-state index in [-0.39, 0.29) is 4.75 Å². The third-order valence-corrected chi connectivity index (χ3v) is 6.58. The number of aryl methyl sites for hydroxylation is 2.